The van der Waals surface area contributed by atoms with Gasteiger partial charge in [0.25, 0.3) is 5.91 Å². The van der Waals surface area contributed by atoms with Crippen molar-refractivity contribution in [3.8, 4) is 11.8 Å². The van der Waals surface area contributed by atoms with Gasteiger partial charge in [-0.25, -0.2) is 0 Å². The van der Waals surface area contributed by atoms with Crippen molar-refractivity contribution in [3.05, 3.63) is 59.7 Å². The van der Waals surface area contributed by atoms with Gasteiger partial charge in [0, 0.05) is 6.21 Å². The van der Waals surface area contributed by atoms with Gasteiger partial charge in [0.05, 0.1) is 11.3 Å². The topological polar surface area (TPSA) is 88.5 Å². The first-order chi connectivity index (χ1) is 10.2. The van der Waals surface area contributed by atoms with Crippen molar-refractivity contribution in [1.29, 1.82) is 5.26 Å². The van der Waals surface area contributed by atoms with Crippen LogP contribution in [0.4, 0.5) is 5.69 Å². The number of nitrogens with zero attached hydrogens (tertiary/aromatic N) is 2. The lowest BCUT2D eigenvalue weighted by molar-refractivity contribution is 0.100. The predicted molar refractivity (Wildman–Crippen MR) is 79.8 cm³/mol. The normalized spacial score (nSPS) is 10.2. The van der Waals surface area contributed by atoms with Gasteiger partial charge < -0.3 is 10.5 Å². The molecule has 0 radical (unpaired) electrons. The van der Waals surface area contributed by atoms with Crippen molar-refractivity contribution in [3.63, 3.8) is 0 Å². The number of carbonyl (C=O) groups is 1. The van der Waals surface area contributed by atoms with Crippen LogP contribution in [0.25, 0.3) is 0 Å². The van der Waals surface area contributed by atoms with E-state index in [-0.39, 0.29) is 6.61 Å². The molecule has 0 aliphatic carbocycles. The van der Waals surface area contributed by atoms with E-state index in [0.29, 0.717) is 17.0 Å². The fourth-order valence-electron chi connectivity index (χ4n) is 1.70. The van der Waals surface area contributed by atoms with Gasteiger partial charge in [0.1, 0.15) is 11.8 Å². The molecule has 2 aromatic rings. The van der Waals surface area contributed by atoms with Crippen LogP contribution in [0.1, 0.15) is 15.9 Å². The van der Waals surface area contributed by atoms with Crippen LogP contribution >= 0.6 is 0 Å². The minimum Gasteiger partial charge on any atom is -0.479 e. The van der Waals surface area contributed by atoms with Crippen LogP contribution in [0.2, 0.25) is 0 Å². The molecule has 0 atom stereocenters. The lowest BCUT2D eigenvalue weighted by atomic mass is 10.1. The van der Waals surface area contributed by atoms with Gasteiger partial charge in [-0.15, -0.1) is 0 Å². The molecule has 0 fully saturated rings. The summed E-state index contributed by atoms with van der Waals surface area (Å²) < 4.78 is 5.16. The molecular formula is C16H13N3O2. The van der Waals surface area contributed by atoms with E-state index in [9.17, 15) is 4.79 Å². The number of hydrogen-bond donors (Lipinski definition) is 1. The maximum absolute atomic E-state index is 11.3. The standard InChI is InChI=1S/C16H13N3O2/c17-9-10-21-13-7-5-12(6-8-13)11-19-15-4-2-1-3-14(15)16(18)20/h1-8,11H,10H2,(H2,18,20). The molecule has 2 N–H and O–H groups in total. The Bertz CT molecular complexity index is 700. The maximum Gasteiger partial charge on any atom is 0.250 e. The van der Waals surface area contributed by atoms with Gasteiger partial charge in [-0.05, 0) is 42.0 Å². The number of nitriles is 1. The number of nitrogens with two attached hydrogens (primary N) is 1. The molecule has 0 saturated heterocycles. The number of para-hydroxylation sites is 1. The van der Waals surface area contributed by atoms with E-state index in [1.165, 1.54) is 0 Å². The molecule has 0 aromatic heterocycles. The van der Waals surface area contributed by atoms with Crippen LogP contribution in [-0.2, 0) is 0 Å². The first-order valence-electron chi connectivity index (χ1n) is 6.23. The maximum atomic E-state index is 11.3. The van der Waals surface area contributed by atoms with Crippen LogP contribution in [0, 0.1) is 11.3 Å². The molecular weight excluding hydrogens is 266 g/mol. The summed E-state index contributed by atoms with van der Waals surface area (Å²) in [5, 5.41) is 8.43. The van der Waals surface area contributed by atoms with E-state index in [4.69, 9.17) is 15.7 Å². The lowest BCUT2D eigenvalue weighted by Gasteiger charge is -2.02. The van der Waals surface area contributed by atoms with Gasteiger partial charge in [-0.1, -0.05) is 12.1 Å². The van der Waals surface area contributed by atoms with Gasteiger partial charge in [0.2, 0.25) is 0 Å². The molecule has 21 heavy (non-hydrogen) atoms. The molecule has 0 heterocycles. The monoisotopic (exact) mass is 279 g/mol. The molecule has 5 nitrogen and oxygen atoms in total. The summed E-state index contributed by atoms with van der Waals surface area (Å²) in [6.07, 6.45) is 1.63. The van der Waals surface area contributed by atoms with Crippen molar-refractivity contribution in [2.75, 3.05) is 6.61 Å². The Hall–Kier alpha value is -3.13. The number of aliphatic imine (C=N–C) groups is 1. The number of benzene rings is 2. The summed E-state index contributed by atoms with van der Waals surface area (Å²) in [4.78, 5) is 15.6. The molecule has 0 unspecified atom stereocenters. The zero-order chi connectivity index (χ0) is 15.1. The summed E-state index contributed by atoms with van der Waals surface area (Å²) in [7, 11) is 0. The number of ether oxygens (including phenoxy) is 1. The Balaban J connectivity index is 2.15. The Labute approximate surface area is 122 Å². The van der Waals surface area contributed by atoms with E-state index >= 15 is 0 Å². The van der Waals surface area contributed by atoms with Crippen LogP contribution in [0.15, 0.2) is 53.5 Å². The first-order valence-corrected chi connectivity index (χ1v) is 6.23. The fraction of sp³-hybridized carbons (Fsp3) is 0.0625. The van der Waals surface area contributed by atoms with E-state index in [0.717, 1.165) is 5.56 Å². The molecule has 2 aromatic carbocycles. The molecule has 5 heteroatoms. The third-order valence-corrected chi connectivity index (χ3v) is 2.71. The van der Waals surface area contributed by atoms with Gasteiger partial charge in [0.15, 0.2) is 6.61 Å². The average Bonchev–Trinajstić information content (AvgIpc) is 2.52. The minimum absolute atomic E-state index is 0.0133. The van der Waals surface area contributed by atoms with Crippen molar-refractivity contribution in [1.82, 2.24) is 0 Å². The van der Waals surface area contributed by atoms with Crippen molar-refractivity contribution in [2.24, 2.45) is 10.7 Å². The van der Waals surface area contributed by atoms with E-state index in [1.807, 2.05) is 18.2 Å². The molecule has 1 amide bonds. The highest BCUT2D eigenvalue weighted by atomic mass is 16.5. The second-order valence-corrected chi connectivity index (χ2v) is 4.16. The highest BCUT2D eigenvalue weighted by Gasteiger charge is 2.04. The quantitative estimate of drug-likeness (QED) is 0.852. The first kappa shape index (κ1) is 14.3. The summed E-state index contributed by atoms with van der Waals surface area (Å²) >= 11 is 0. The molecule has 2 rings (SSSR count). The Morgan fingerprint density at radius 2 is 1.95 bits per heavy atom. The second-order valence-electron chi connectivity index (χ2n) is 4.16. The summed E-state index contributed by atoms with van der Waals surface area (Å²) in [5.74, 6) is 0.106. The predicted octanol–water partition coefficient (Wildman–Crippen LogP) is 2.44. The molecule has 0 spiro atoms. The van der Waals surface area contributed by atoms with Crippen LogP contribution in [-0.4, -0.2) is 18.7 Å². The SMILES string of the molecule is N#CCOc1ccc(C=Nc2ccccc2C(N)=O)cc1. The number of carbonyl (C=O) groups excluding carboxylic acids is 1. The number of primary amides is 1. The fourth-order valence-corrected chi connectivity index (χ4v) is 1.70. The Morgan fingerprint density at radius 3 is 2.62 bits per heavy atom. The van der Waals surface area contributed by atoms with Crippen molar-refractivity contribution < 1.29 is 9.53 Å². The molecule has 0 saturated carbocycles. The van der Waals surface area contributed by atoms with Crippen molar-refractivity contribution in [2.45, 2.75) is 0 Å². The summed E-state index contributed by atoms with van der Waals surface area (Å²) in [6.45, 7) is 0.0133. The Kier molecular flexibility index (Phi) is 4.67. The highest BCUT2D eigenvalue weighted by Crippen LogP contribution is 2.18. The summed E-state index contributed by atoms with van der Waals surface area (Å²) in [6, 6.07) is 15.9. The van der Waals surface area contributed by atoms with Crippen LogP contribution in [0.3, 0.4) is 0 Å². The molecule has 0 bridgehead atoms. The largest absolute Gasteiger partial charge is 0.479 e. The van der Waals surface area contributed by atoms with Gasteiger partial charge in [-0.3, -0.25) is 9.79 Å². The third-order valence-electron chi connectivity index (χ3n) is 2.71. The number of rotatable bonds is 5. The minimum atomic E-state index is -0.511. The Morgan fingerprint density at radius 1 is 1.24 bits per heavy atom. The van der Waals surface area contributed by atoms with Crippen LogP contribution < -0.4 is 10.5 Å². The van der Waals surface area contributed by atoms with Gasteiger partial charge >= 0.3 is 0 Å². The van der Waals surface area contributed by atoms with Crippen molar-refractivity contribution >= 4 is 17.8 Å². The van der Waals surface area contributed by atoms with Gasteiger partial charge in [-0.2, -0.15) is 5.26 Å². The number of amides is 1. The smallest absolute Gasteiger partial charge is 0.250 e. The van der Waals surface area contributed by atoms with E-state index in [2.05, 4.69) is 4.99 Å². The second kappa shape index (κ2) is 6.87. The highest BCUT2D eigenvalue weighted by molar-refractivity contribution is 5.98. The van der Waals surface area contributed by atoms with Crippen LogP contribution in [0.5, 0.6) is 5.75 Å². The summed E-state index contributed by atoms with van der Waals surface area (Å²) in [5.41, 5.74) is 7.04. The van der Waals surface area contributed by atoms with E-state index in [1.54, 1.807) is 42.6 Å². The lowest BCUT2D eigenvalue weighted by Crippen LogP contribution is -2.10. The van der Waals surface area contributed by atoms with E-state index < -0.39 is 5.91 Å². The zero-order valence-electron chi connectivity index (χ0n) is 11.2. The zero-order valence-corrected chi connectivity index (χ0v) is 11.2. The molecule has 0 aliphatic rings. The number of hydrogen-bond acceptors (Lipinski definition) is 4. The molecule has 0 aliphatic heterocycles. The average molecular weight is 279 g/mol. The molecule has 104 valence electrons. The third kappa shape index (κ3) is 3.91.